The molecule has 1 atom stereocenters. The Kier molecular flexibility index (Phi) is 5.65. The first-order chi connectivity index (χ1) is 5.11. The number of rotatable bonds is 1. The molecule has 1 rings (SSSR count). The minimum Gasteiger partial charge on any atom is -0.302 e. The van der Waals surface area contributed by atoms with Gasteiger partial charge in [-0.25, -0.2) is 4.21 Å². The predicted octanol–water partition coefficient (Wildman–Crippen LogP) is 1.85. The van der Waals surface area contributed by atoms with E-state index >= 15 is 0 Å². The molecule has 12 heavy (non-hydrogen) atoms. The zero-order valence-electron chi connectivity index (χ0n) is 6.87. The van der Waals surface area contributed by atoms with Crippen molar-refractivity contribution in [3.63, 3.8) is 0 Å². The second kappa shape index (κ2) is 5.37. The molecule has 1 unspecified atom stereocenters. The SMILES string of the molecule is Cc1ccc(S(=O)O)cc1Cl.[Na]. The van der Waals surface area contributed by atoms with Crippen LogP contribution in [0, 0.1) is 6.92 Å². The van der Waals surface area contributed by atoms with E-state index in [1.807, 2.05) is 6.92 Å². The molecule has 0 fully saturated rings. The third-order valence-corrected chi connectivity index (χ3v) is 2.41. The monoisotopic (exact) mass is 213 g/mol. The van der Waals surface area contributed by atoms with Crippen molar-refractivity contribution in [1.82, 2.24) is 0 Å². The van der Waals surface area contributed by atoms with E-state index in [9.17, 15) is 4.21 Å². The summed E-state index contributed by atoms with van der Waals surface area (Å²) in [6.45, 7) is 1.84. The van der Waals surface area contributed by atoms with Crippen LogP contribution in [0.5, 0.6) is 0 Å². The van der Waals surface area contributed by atoms with E-state index in [1.165, 1.54) is 6.07 Å². The molecule has 0 saturated heterocycles. The minimum atomic E-state index is -1.93. The van der Waals surface area contributed by atoms with Crippen LogP contribution in [0.2, 0.25) is 5.02 Å². The summed E-state index contributed by atoms with van der Waals surface area (Å²) in [5.41, 5.74) is 0.904. The first kappa shape index (κ1) is 12.6. The van der Waals surface area contributed by atoms with Gasteiger partial charge in [-0.3, -0.25) is 0 Å². The standard InChI is InChI=1S/C7H7ClO2S.Na/c1-5-2-3-6(11(9)10)4-7(5)8;/h2-4H,1H3,(H,9,10);. The Balaban J connectivity index is 0.00000121. The van der Waals surface area contributed by atoms with Gasteiger partial charge < -0.3 is 4.55 Å². The number of aryl methyl sites for hydroxylation is 1. The first-order valence-corrected chi connectivity index (χ1v) is 4.47. The van der Waals surface area contributed by atoms with Gasteiger partial charge in [-0.05, 0) is 24.6 Å². The summed E-state index contributed by atoms with van der Waals surface area (Å²) in [7, 11) is 0. The maximum atomic E-state index is 10.5. The number of hydrogen-bond donors (Lipinski definition) is 1. The van der Waals surface area contributed by atoms with Crippen LogP contribution in [0.3, 0.4) is 0 Å². The minimum absolute atomic E-state index is 0. The zero-order chi connectivity index (χ0) is 8.43. The quantitative estimate of drug-likeness (QED) is 0.571. The fourth-order valence-electron chi connectivity index (χ4n) is 0.682. The maximum absolute atomic E-state index is 10.5. The van der Waals surface area contributed by atoms with Crippen molar-refractivity contribution in [2.75, 3.05) is 0 Å². The largest absolute Gasteiger partial charge is 0.302 e. The van der Waals surface area contributed by atoms with Gasteiger partial charge in [0.15, 0.2) is 11.1 Å². The van der Waals surface area contributed by atoms with Crippen LogP contribution in [0.1, 0.15) is 5.56 Å². The Hall–Kier alpha value is 0.620. The van der Waals surface area contributed by atoms with Crippen LogP contribution in [0.4, 0.5) is 0 Å². The predicted molar refractivity (Wildman–Crippen MR) is 51.0 cm³/mol. The third kappa shape index (κ3) is 3.17. The van der Waals surface area contributed by atoms with E-state index in [2.05, 4.69) is 0 Å². The smallest absolute Gasteiger partial charge is 0.186 e. The summed E-state index contributed by atoms with van der Waals surface area (Å²) in [4.78, 5) is 0.334. The zero-order valence-corrected chi connectivity index (χ0v) is 10.4. The summed E-state index contributed by atoms with van der Waals surface area (Å²) in [6.07, 6.45) is 0. The Morgan fingerprint density at radius 1 is 1.50 bits per heavy atom. The summed E-state index contributed by atoms with van der Waals surface area (Å²) < 4.78 is 19.2. The van der Waals surface area contributed by atoms with Crippen molar-refractivity contribution in [2.24, 2.45) is 0 Å². The van der Waals surface area contributed by atoms with Gasteiger partial charge in [0.2, 0.25) is 0 Å². The van der Waals surface area contributed by atoms with E-state index in [0.29, 0.717) is 9.92 Å². The fraction of sp³-hybridized carbons (Fsp3) is 0.143. The molecule has 0 saturated carbocycles. The molecule has 0 heterocycles. The topological polar surface area (TPSA) is 37.3 Å². The first-order valence-electron chi connectivity index (χ1n) is 2.98. The summed E-state index contributed by atoms with van der Waals surface area (Å²) in [5, 5.41) is 0.518. The summed E-state index contributed by atoms with van der Waals surface area (Å²) in [5.74, 6) is 0. The molecular weight excluding hydrogens is 207 g/mol. The maximum Gasteiger partial charge on any atom is 0.186 e. The molecular formula is C7H7ClNaO2S. The van der Waals surface area contributed by atoms with Crippen LogP contribution in [-0.4, -0.2) is 38.3 Å². The van der Waals surface area contributed by atoms with E-state index < -0.39 is 11.1 Å². The average molecular weight is 214 g/mol. The summed E-state index contributed by atoms with van der Waals surface area (Å²) >= 11 is 3.78. The van der Waals surface area contributed by atoms with Gasteiger partial charge in [0.1, 0.15) is 0 Å². The van der Waals surface area contributed by atoms with Gasteiger partial charge >= 0.3 is 0 Å². The van der Waals surface area contributed by atoms with Gasteiger partial charge in [-0.15, -0.1) is 0 Å². The molecule has 2 nitrogen and oxygen atoms in total. The third-order valence-electron chi connectivity index (χ3n) is 1.34. The normalized spacial score (nSPS) is 11.9. The molecule has 61 valence electrons. The Morgan fingerprint density at radius 3 is 2.50 bits per heavy atom. The fourth-order valence-corrected chi connectivity index (χ4v) is 1.33. The molecule has 5 heteroatoms. The molecule has 0 spiro atoms. The van der Waals surface area contributed by atoms with Gasteiger partial charge in [0, 0.05) is 34.6 Å². The molecule has 1 aromatic carbocycles. The van der Waals surface area contributed by atoms with Crippen LogP contribution in [-0.2, 0) is 11.1 Å². The van der Waals surface area contributed by atoms with E-state index in [0.717, 1.165) is 5.56 Å². The number of hydrogen-bond acceptors (Lipinski definition) is 1. The van der Waals surface area contributed by atoms with Gasteiger partial charge in [0.25, 0.3) is 0 Å². The van der Waals surface area contributed by atoms with Crippen molar-refractivity contribution < 1.29 is 8.76 Å². The van der Waals surface area contributed by atoms with Crippen LogP contribution < -0.4 is 0 Å². The van der Waals surface area contributed by atoms with Gasteiger partial charge in [0.05, 0.1) is 4.90 Å². The Morgan fingerprint density at radius 2 is 2.08 bits per heavy atom. The summed E-state index contributed by atoms with van der Waals surface area (Å²) in [6, 6.07) is 4.79. The Labute approximate surface area is 101 Å². The number of halogens is 1. The van der Waals surface area contributed by atoms with Crippen molar-refractivity contribution in [3.05, 3.63) is 28.8 Å². The second-order valence-corrected chi connectivity index (χ2v) is 3.54. The average Bonchev–Trinajstić information content (AvgIpc) is 1.94. The van der Waals surface area contributed by atoms with Gasteiger partial charge in [-0.1, -0.05) is 17.7 Å². The molecule has 1 N–H and O–H groups in total. The van der Waals surface area contributed by atoms with Crippen molar-refractivity contribution in [3.8, 4) is 0 Å². The molecule has 1 aromatic rings. The second-order valence-electron chi connectivity index (χ2n) is 2.16. The molecule has 0 amide bonds. The van der Waals surface area contributed by atoms with E-state index in [-0.39, 0.29) is 29.6 Å². The van der Waals surface area contributed by atoms with Crippen LogP contribution in [0.15, 0.2) is 23.1 Å². The van der Waals surface area contributed by atoms with Crippen molar-refractivity contribution in [2.45, 2.75) is 11.8 Å². The molecule has 0 aliphatic rings. The van der Waals surface area contributed by atoms with E-state index in [4.69, 9.17) is 16.2 Å². The molecule has 1 radical (unpaired) electrons. The van der Waals surface area contributed by atoms with Crippen LogP contribution in [0.25, 0.3) is 0 Å². The molecule has 0 bridgehead atoms. The van der Waals surface area contributed by atoms with Crippen molar-refractivity contribution in [1.29, 1.82) is 0 Å². The van der Waals surface area contributed by atoms with Crippen molar-refractivity contribution >= 4 is 52.2 Å². The molecule has 0 aliphatic carbocycles. The molecule has 0 aromatic heterocycles. The number of benzene rings is 1. The van der Waals surface area contributed by atoms with Gasteiger partial charge in [-0.2, -0.15) is 0 Å². The molecule has 0 aliphatic heterocycles. The Bertz CT molecular complexity index is 303. The van der Waals surface area contributed by atoms with E-state index in [1.54, 1.807) is 12.1 Å². The van der Waals surface area contributed by atoms with Crippen LogP contribution >= 0.6 is 11.6 Å².